The SMILES string of the molecule is CCC(SCCSC)C(=O)O. The summed E-state index contributed by atoms with van der Waals surface area (Å²) >= 11 is 3.29. The van der Waals surface area contributed by atoms with E-state index in [4.69, 9.17) is 5.11 Å². The van der Waals surface area contributed by atoms with Crippen molar-refractivity contribution in [3.8, 4) is 0 Å². The van der Waals surface area contributed by atoms with Gasteiger partial charge in [0, 0.05) is 11.5 Å². The molecule has 0 aliphatic heterocycles. The molecule has 0 fully saturated rings. The third-order valence-electron chi connectivity index (χ3n) is 1.25. The highest BCUT2D eigenvalue weighted by molar-refractivity contribution is 8.03. The van der Waals surface area contributed by atoms with Gasteiger partial charge in [-0.25, -0.2) is 0 Å². The van der Waals surface area contributed by atoms with Gasteiger partial charge >= 0.3 is 5.97 Å². The molecule has 0 aliphatic rings. The summed E-state index contributed by atoms with van der Waals surface area (Å²) in [6.45, 7) is 1.91. The average Bonchev–Trinajstić information content (AvgIpc) is 1.97. The summed E-state index contributed by atoms with van der Waals surface area (Å²) in [6, 6.07) is 0. The molecular weight excluding hydrogens is 180 g/mol. The number of thioether (sulfide) groups is 2. The fourth-order valence-corrected chi connectivity index (χ4v) is 2.35. The van der Waals surface area contributed by atoms with Crippen molar-refractivity contribution in [3.63, 3.8) is 0 Å². The quantitative estimate of drug-likeness (QED) is 0.656. The molecular formula is C7H14O2S2. The minimum Gasteiger partial charge on any atom is -0.480 e. The topological polar surface area (TPSA) is 37.3 Å². The first-order chi connectivity index (χ1) is 5.22. The molecule has 0 radical (unpaired) electrons. The summed E-state index contributed by atoms with van der Waals surface area (Å²) < 4.78 is 0. The van der Waals surface area contributed by atoms with E-state index < -0.39 is 5.97 Å². The number of carbonyl (C=O) groups is 1. The minimum absolute atomic E-state index is 0.206. The summed E-state index contributed by atoms with van der Waals surface area (Å²) in [5.41, 5.74) is 0. The number of carboxylic acids is 1. The summed E-state index contributed by atoms with van der Waals surface area (Å²) in [7, 11) is 0. The molecule has 1 unspecified atom stereocenters. The second-order valence-electron chi connectivity index (χ2n) is 2.10. The first-order valence-electron chi connectivity index (χ1n) is 3.55. The Labute approximate surface area is 76.1 Å². The van der Waals surface area contributed by atoms with Gasteiger partial charge in [0.2, 0.25) is 0 Å². The van der Waals surface area contributed by atoms with Crippen LogP contribution in [-0.4, -0.2) is 34.1 Å². The Morgan fingerprint density at radius 3 is 2.55 bits per heavy atom. The molecule has 0 aliphatic carbocycles. The van der Waals surface area contributed by atoms with Crippen LogP contribution in [0.3, 0.4) is 0 Å². The zero-order valence-corrected chi connectivity index (χ0v) is 8.50. The van der Waals surface area contributed by atoms with E-state index >= 15 is 0 Å². The van der Waals surface area contributed by atoms with Gasteiger partial charge in [0.15, 0.2) is 0 Å². The Balaban J connectivity index is 3.44. The summed E-state index contributed by atoms with van der Waals surface area (Å²) in [5.74, 6) is 1.29. The standard InChI is InChI=1S/C7H14O2S2/c1-3-6(7(8)9)11-5-4-10-2/h6H,3-5H2,1-2H3,(H,8,9). The molecule has 4 heteroatoms. The largest absolute Gasteiger partial charge is 0.480 e. The van der Waals surface area contributed by atoms with Gasteiger partial charge in [0.25, 0.3) is 0 Å². The second kappa shape index (κ2) is 6.85. The van der Waals surface area contributed by atoms with Crippen LogP contribution in [-0.2, 0) is 4.79 Å². The Hall–Kier alpha value is 0.170. The molecule has 0 amide bonds. The van der Waals surface area contributed by atoms with Gasteiger partial charge in [0.05, 0.1) is 0 Å². The van der Waals surface area contributed by atoms with E-state index in [-0.39, 0.29) is 5.25 Å². The molecule has 0 rings (SSSR count). The molecule has 0 heterocycles. The van der Waals surface area contributed by atoms with Crippen molar-refractivity contribution in [2.24, 2.45) is 0 Å². The van der Waals surface area contributed by atoms with Crippen molar-refractivity contribution < 1.29 is 9.90 Å². The maximum Gasteiger partial charge on any atom is 0.316 e. The van der Waals surface area contributed by atoms with E-state index in [9.17, 15) is 4.79 Å². The number of rotatable bonds is 6. The van der Waals surface area contributed by atoms with Crippen molar-refractivity contribution in [1.29, 1.82) is 0 Å². The van der Waals surface area contributed by atoms with Crippen LogP contribution in [0.15, 0.2) is 0 Å². The number of hydrogen-bond donors (Lipinski definition) is 1. The van der Waals surface area contributed by atoms with Crippen molar-refractivity contribution >= 4 is 29.5 Å². The number of carboxylic acid groups (broad SMARTS) is 1. The third-order valence-corrected chi connectivity index (χ3v) is 3.50. The summed E-state index contributed by atoms with van der Waals surface area (Å²) in [4.78, 5) is 10.5. The van der Waals surface area contributed by atoms with Gasteiger partial charge in [-0.1, -0.05) is 6.92 Å². The molecule has 66 valence electrons. The van der Waals surface area contributed by atoms with Crippen LogP contribution in [0.4, 0.5) is 0 Å². The fraction of sp³-hybridized carbons (Fsp3) is 0.857. The molecule has 2 nitrogen and oxygen atoms in total. The molecule has 0 bridgehead atoms. The smallest absolute Gasteiger partial charge is 0.316 e. The second-order valence-corrected chi connectivity index (χ2v) is 4.39. The Morgan fingerprint density at radius 1 is 1.55 bits per heavy atom. The maximum atomic E-state index is 10.5. The van der Waals surface area contributed by atoms with Gasteiger partial charge in [-0.2, -0.15) is 11.8 Å². The predicted molar refractivity (Wildman–Crippen MR) is 52.6 cm³/mol. The van der Waals surface area contributed by atoms with Gasteiger partial charge in [-0.3, -0.25) is 4.79 Å². The lowest BCUT2D eigenvalue weighted by atomic mass is 10.3. The van der Waals surface area contributed by atoms with E-state index in [1.54, 1.807) is 11.8 Å². The fourth-order valence-electron chi connectivity index (χ4n) is 0.637. The van der Waals surface area contributed by atoms with Crippen molar-refractivity contribution in [1.82, 2.24) is 0 Å². The molecule has 0 spiro atoms. The third kappa shape index (κ3) is 5.44. The molecule has 1 N–H and O–H groups in total. The maximum absolute atomic E-state index is 10.5. The minimum atomic E-state index is -0.682. The molecule has 11 heavy (non-hydrogen) atoms. The summed E-state index contributed by atoms with van der Waals surface area (Å²) in [6.07, 6.45) is 2.75. The van der Waals surface area contributed by atoms with E-state index in [1.165, 1.54) is 11.8 Å². The van der Waals surface area contributed by atoms with Crippen molar-refractivity contribution in [2.75, 3.05) is 17.8 Å². The van der Waals surface area contributed by atoms with Crippen LogP contribution in [0.5, 0.6) is 0 Å². The molecule has 0 aromatic heterocycles. The van der Waals surface area contributed by atoms with E-state index in [1.807, 2.05) is 13.2 Å². The molecule has 0 saturated heterocycles. The highest BCUT2D eigenvalue weighted by Gasteiger charge is 2.13. The van der Waals surface area contributed by atoms with Crippen LogP contribution in [0, 0.1) is 0 Å². The average molecular weight is 194 g/mol. The van der Waals surface area contributed by atoms with Gasteiger partial charge in [-0.05, 0) is 12.7 Å². The zero-order valence-electron chi connectivity index (χ0n) is 6.87. The van der Waals surface area contributed by atoms with Crippen LogP contribution < -0.4 is 0 Å². The highest BCUT2D eigenvalue weighted by Crippen LogP contribution is 2.15. The van der Waals surface area contributed by atoms with Crippen LogP contribution in [0.25, 0.3) is 0 Å². The zero-order chi connectivity index (χ0) is 8.69. The monoisotopic (exact) mass is 194 g/mol. The van der Waals surface area contributed by atoms with Crippen molar-refractivity contribution in [2.45, 2.75) is 18.6 Å². The van der Waals surface area contributed by atoms with E-state index in [2.05, 4.69) is 0 Å². The lowest BCUT2D eigenvalue weighted by Crippen LogP contribution is -2.15. The van der Waals surface area contributed by atoms with Crippen LogP contribution in [0.1, 0.15) is 13.3 Å². The normalized spacial score (nSPS) is 12.9. The molecule has 1 atom stereocenters. The first kappa shape index (κ1) is 11.2. The first-order valence-corrected chi connectivity index (χ1v) is 6.00. The molecule has 0 aromatic carbocycles. The van der Waals surface area contributed by atoms with Crippen molar-refractivity contribution in [3.05, 3.63) is 0 Å². The van der Waals surface area contributed by atoms with Crippen LogP contribution in [0.2, 0.25) is 0 Å². The highest BCUT2D eigenvalue weighted by atomic mass is 32.2. The Bertz CT molecular complexity index is 117. The Morgan fingerprint density at radius 2 is 2.18 bits per heavy atom. The van der Waals surface area contributed by atoms with E-state index in [0.717, 1.165) is 11.5 Å². The van der Waals surface area contributed by atoms with E-state index in [0.29, 0.717) is 6.42 Å². The number of hydrogen-bond acceptors (Lipinski definition) is 3. The van der Waals surface area contributed by atoms with Crippen LogP contribution >= 0.6 is 23.5 Å². The lowest BCUT2D eigenvalue weighted by Gasteiger charge is -2.07. The predicted octanol–water partition coefficient (Wildman–Crippen LogP) is 1.95. The van der Waals surface area contributed by atoms with Gasteiger partial charge in [0.1, 0.15) is 5.25 Å². The number of aliphatic carboxylic acids is 1. The molecule has 0 aromatic rings. The van der Waals surface area contributed by atoms with Gasteiger partial charge < -0.3 is 5.11 Å². The molecule has 0 saturated carbocycles. The lowest BCUT2D eigenvalue weighted by molar-refractivity contribution is -0.136. The summed E-state index contributed by atoms with van der Waals surface area (Å²) in [5, 5.41) is 8.44. The van der Waals surface area contributed by atoms with Gasteiger partial charge in [-0.15, -0.1) is 11.8 Å². The Kier molecular flexibility index (Phi) is 6.96.